The van der Waals surface area contributed by atoms with E-state index >= 15 is 0 Å². The van der Waals surface area contributed by atoms with Gasteiger partial charge in [-0.15, -0.1) is 0 Å². The van der Waals surface area contributed by atoms with Crippen LogP contribution in [0.2, 0.25) is 10.0 Å². The second-order valence-electron chi connectivity index (χ2n) is 12.2. The Kier molecular flexibility index (Phi) is 12.7. The normalized spacial score (nSPS) is 13.7. The molecule has 1 saturated carbocycles. The topological polar surface area (TPSA) is 114 Å². The van der Waals surface area contributed by atoms with Crippen molar-refractivity contribution in [1.29, 1.82) is 0 Å². The lowest BCUT2D eigenvalue weighted by Gasteiger charge is -2.34. The van der Waals surface area contributed by atoms with E-state index in [4.69, 9.17) is 37.4 Å². The maximum absolute atomic E-state index is 14.9. The fourth-order valence-corrected chi connectivity index (χ4v) is 7.91. The van der Waals surface area contributed by atoms with E-state index in [2.05, 4.69) is 5.32 Å². The highest BCUT2D eigenvalue weighted by Gasteiger charge is 2.37. The van der Waals surface area contributed by atoms with E-state index in [0.29, 0.717) is 16.3 Å². The Hall–Kier alpha value is -4.45. The van der Waals surface area contributed by atoms with E-state index in [0.717, 1.165) is 35.6 Å². The van der Waals surface area contributed by atoms with Crippen molar-refractivity contribution in [2.75, 3.05) is 32.2 Å². The Morgan fingerprint density at radius 2 is 1.41 bits per heavy atom. The van der Waals surface area contributed by atoms with Gasteiger partial charge in [-0.2, -0.15) is 0 Å². The van der Waals surface area contributed by atoms with E-state index in [1.807, 2.05) is 30.3 Å². The van der Waals surface area contributed by atoms with Gasteiger partial charge in [-0.1, -0.05) is 78.5 Å². The molecular formula is C38H41Cl2N3O7S. The van der Waals surface area contributed by atoms with Gasteiger partial charge in [-0.05, 0) is 66.4 Å². The molecule has 0 bridgehead atoms. The van der Waals surface area contributed by atoms with Crippen molar-refractivity contribution in [3.63, 3.8) is 0 Å². The van der Waals surface area contributed by atoms with Gasteiger partial charge in [0.2, 0.25) is 11.8 Å². The first-order chi connectivity index (χ1) is 24.5. The summed E-state index contributed by atoms with van der Waals surface area (Å²) >= 11 is 12.6. The number of nitrogens with zero attached hydrogens (tertiary/aromatic N) is 2. The number of methoxy groups -OCH3 is 3. The molecule has 4 aromatic rings. The van der Waals surface area contributed by atoms with Crippen molar-refractivity contribution >= 4 is 50.7 Å². The average molecular weight is 755 g/mol. The van der Waals surface area contributed by atoms with Crippen LogP contribution in [0.5, 0.6) is 17.2 Å². The first-order valence-corrected chi connectivity index (χ1v) is 18.7. The Balaban J connectivity index is 1.62. The van der Waals surface area contributed by atoms with Gasteiger partial charge in [0.1, 0.15) is 18.3 Å². The average Bonchev–Trinajstić information content (AvgIpc) is 3.65. The molecule has 1 fully saturated rings. The monoisotopic (exact) mass is 753 g/mol. The first-order valence-electron chi connectivity index (χ1n) is 16.5. The molecule has 13 heteroatoms. The van der Waals surface area contributed by atoms with Crippen molar-refractivity contribution < 1.29 is 32.2 Å². The molecule has 1 unspecified atom stereocenters. The fraction of sp³-hybridized carbons (Fsp3) is 0.316. The number of halogens is 2. The summed E-state index contributed by atoms with van der Waals surface area (Å²) in [6.45, 7) is -0.689. The molecule has 0 radical (unpaired) electrons. The summed E-state index contributed by atoms with van der Waals surface area (Å²) in [6.07, 6.45) is 3.90. The van der Waals surface area contributed by atoms with Gasteiger partial charge in [0, 0.05) is 35.1 Å². The molecule has 1 atom stereocenters. The summed E-state index contributed by atoms with van der Waals surface area (Å²) in [7, 11) is -0.264. The van der Waals surface area contributed by atoms with Crippen molar-refractivity contribution in [2.24, 2.45) is 0 Å². The third kappa shape index (κ3) is 9.27. The van der Waals surface area contributed by atoms with Gasteiger partial charge < -0.3 is 24.4 Å². The third-order valence-corrected chi connectivity index (χ3v) is 11.1. The molecule has 0 spiro atoms. The summed E-state index contributed by atoms with van der Waals surface area (Å²) < 4.78 is 46.5. The molecule has 0 saturated heterocycles. The molecule has 4 aromatic carbocycles. The van der Waals surface area contributed by atoms with Gasteiger partial charge in [-0.3, -0.25) is 13.9 Å². The van der Waals surface area contributed by atoms with Crippen LogP contribution in [0.4, 0.5) is 5.69 Å². The number of rotatable bonds is 15. The summed E-state index contributed by atoms with van der Waals surface area (Å²) in [5.41, 5.74) is 1.58. The van der Waals surface area contributed by atoms with Crippen molar-refractivity contribution in [2.45, 2.75) is 55.6 Å². The van der Waals surface area contributed by atoms with Gasteiger partial charge in [-0.25, -0.2) is 8.42 Å². The second-order valence-corrected chi connectivity index (χ2v) is 14.9. The highest BCUT2D eigenvalue weighted by molar-refractivity contribution is 7.92. The standard InChI is InChI=1S/C38H41Cl2N3O7S/c1-48-34-19-17-29(40)22-32(34)43(51(46,47)31-18-20-35(49-2)36(23-31)50-3)25-37(44)42(24-27-13-15-28(39)16-14-27)33(21-26-9-5-4-6-10-26)38(45)41-30-11-7-8-12-30/h4-6,9-10,13-20,22-23,30,33H,7-8,11-12,21,24-25H2,1-3H3,(H,41,45). The maximum atomic E-state index is 14.9. The summed E-state index contributed by atoms with van der Waals surface area (Å²) in [5.74, 6) is -0.272. The molecule has 1 N–H and O–H groups in total. The Morgan fingerprint density at radius 1 is 0.784 bits per heavy atom. The molecular weight excluding hydrogens is 713 g/mol. The molecule has 270 valence electrons. The number of carbonyl (C=O) groups excluding carboxylic acids is 2. The van der Waals surface area contributed by atoms with Crippen LogP contribution in [0.3, 0.4) is 0 Å². The molecule has 1 aliphatic rings. The molecule has 1 aliphatic carbocycles. The van der Waals surface area contributed by atoms with Crippen LogP contribution < -0.4 is 23.8 Å². The number of anilines is 1. The highest BCUT2D eigenvalue weighted by Crippen LogP contribution is 2.37. The van der Waals surface area contributed by atoms with E-state index in [1.54, 1.807) is 30.3 Å². The van der Waals surface area contributed by atoms with E-state index in [-0.39, 0.29) is 52.0 Å². The molecule has 0 aromatic heterocycles. The lowest BCUT2D eigenvalue weighted by molar-refractivity contribution is -0.140. The van der Waals surface area contributed by atoms with Crippen molar-refractivity contribution in [1.82, 2.24) is 10.2 Å². The third-order valence-electron chi connectivity index (χ3n) is 8.87. The predicted octanol–water partition coefficient (Wildman–Crippen LogP) is 6.91. The van der Waals surface area contributed by atoms with Crippen LogP contribution in [0.25, 0.3) is 0 Å². The molecule has 10 nitrogen and oxygen atoms in total. The second kappa shape index (κ2) is 17.2. The smallest absolute Gasteiger partial charge is 0.265 e. The molecule has 0 heterocycles. The number of amides is 2. The van der Waals surface area contributed by atoms with Gasteiger partial charge in [0.25, 0.3) is 10.0 Å². The van der Waals surface area contributed by atoms with Crippen molar-refractivity contribution in [3.8, 4) is 17.2 Å². The zero-order valence-electron chi connectivity index (χ0n) is 28.7. The molecule has 0 aliphatic heterocycles. The summed E-state index contributed by atoms with van der Waals surface area (Å²) in [5, 5.41) is 3.91. The highest BCUT2D eigenvalue weighted by atomic mass is 35.5. The molecule has 5 rings (SSSR count). The van der Waals surface area contributed by atoms with Crippen molar-refractivity contribution in [3.05, 3.63) is 112 Å². The van der Waals surface area contributed by atoms with E-state index in [1.165, 1.54) is 56.6 Å². The minimum atomic E-state index is -4.50. The van der Waals surface area contributed by atoms with Gasteiger partial charge in [0.05, 0.1) is 31.9 Å². The van der Waals surface area contributed by atoms with E-state index in [9.17, 15) is 18.0 Å². The zero-order valence-corrected chi connectivity index (χ0v) is 31.0. The maximum Gasteiger partial charge on any atom is 0.265 e. The number of hydrogen-bond acceptors (Lipinski definition) is 7. The number of carbonyl (C=O) groups is 2. The minimum Gasteiger partial charge on any atom is -0.495 e. The lowest BCUT2D eigenvalue weighted by atomic mass is 10.0. The van der Waals surface area contributed by atoms with Crippen LogP contribution in [-0.2, 0) is 32.6 Å². The zero-order chi connectivity index (χ0) is 36.5. The SMILES string of the molecule is COc1ccc(S(=O)(=O)N(CC(=O)N(Cc2ccc(Cl)cc2)C(Cc2ccccc2)C(=O)NC2CCCC2)c2cc(Cl)ccc2OC)cc1OC. The quantitative estimate of drug-likeness (QED) is 0.140. The van der Waals surface area contributed by atoms with Crippen LogP contribution in [0.1, 0.15) is 36.8 Å². The number of sulfonamides is 1. The summed E-state index contributed by atoms with van der Waals surface area (Å²) in [4.78, 5) is 30.3. The number of nitrogens with one attached hydrogen (secondary N) is 1. The van der Waals surface area contributed by atoms with Crippen LogP contribution in [0.15, 0.2) is 95.9 Å². The van der Waals surface area contributed by atoms with Crippen LogP contribution >= 0.6 is 23.2 Å². The number of hydrogen-bond donors (Lipinski definition) is 1. The van der Waals surface area contributed by atoms with E-state index < -0.39 is 28.5 Å². The predicted molar refractivity (Wildman–Crippen MR) is 198 cm³/mol. The Labute approximate surface area is 309 Å². The first kappa shape index (κ1) is 37.8. The number of benzene rings is 4. The molecule has 51 heavy (non-hydrogen) atoms. The fourth-order valence-electron chi connectivity index (χ4n) is 6.18. The minimum absolute atomic E-state index is 0.00250. The van der Waals surface area contributed by atoms with Gasteiger partial charge >= 0.3 is 0 Å². The Morgan fingerprint density at radius 3 is 2.06 bits per heavy atom. The Bertz CT molecular complexity index is 1920. The summed E-state index contributed by atoms with van der Waals surface area (Å²) in [6, 6.07) is 24.0. The van der Waals surface area contributed by atoms with Gasteiger partial charge in [0.15, 0.2) is 11.5 Å². The molecule has 2 amide bonds. The van der Waals surface area contributed by atoms with Crippen LogP contribution in [0, 0.1) is 0 Å². The van der Waals surface area contributed by atoms with Crippen LogP contribution in [-0.4, -0.2) is 65.1 Å². The number of ether oxygens (including phenoxy) is 3. The lowest BCUT2D eigenvalue weighted by Crippen LogP contribution is -2.54. The largest absolute Gasteiger partial charge is 0.495 e.